The van der Waals surface area contributed by atoms with Gasteiger partial charge in [0.15, 0.2) is 0 Å². The highest BCUT2D eigenvalue weighted by atomic mass is 15.4. The van der Waals surface area contributed by atoms with Crippen molar-refractivity contribution < 1.29 is 0 Å². The molecule has 0 aliphatic heterocycles. The van der Waals surface area contributed by atoms with E-state index in [1.807, 2.05) is 41.9 Å². The number of hydrogen-bond acceptors (Lipinski definition) is 2. The van der Waals surface area contributed by atoms with Crippen LogP contribution in [0.5, 0.6) is 0 Å². The molecule has 0 bridgehead atoms. The second-order valence-corrected chi connectivity index (χ2v) is 3.95. The first-order valence-corrected chi connectivity index (χ1v) is 5.93. The van der Waals surface area contributed by atoms with Gasteiger partial charge >= 0.3 is 0 Å². The third-order valence-corrected chi connectivity index (χ3v) is 2.80. The number of allylic oxidation sites excluding steroid dienone is 3. The monoisotopic (exact) mass is 227 g/mol. The summed E-state index contributed by atoms with van der Waals surface area (Å²) in [6.07, 6.45) is 7.17. The Hall–Kier alpha value is -1.90. The summed E-state index contributed by atoms with van der Waals surface area (Å²) in [6, 6.07) is 8.02. The predicted molar refractivity (Wildman–Crippen MR) is 71.5 cm³/mol. The van der Waals surface area contributed by atoms with Gasteiger partial charge in [-0.25, -0.2) is 4.68 Å². The Morgan fingerprint density at radius 1 is 1.41 bits per heavy atom. The van der Waals surface area contributed by atoms with E-state index in [-0.39, 0.29) is 0 Å². The Kier molecular flexibility index (Phi) is 3.70. The lowest BCUT2D eigenvalue weighted by Crippen LogP contribution is -1.99. The number of fused-ring (bicyclic) bond motifs is 1. The van der Waals surface area contributed by atoms with Crippen LogP contribution in [0.2, 0.25) is 0 Å². The molecule has 0 saturated carbocycles. The van der Waals surface area contributed by atoms with Gasteiger partial charge in [-0.15, -0.1) is 11.7 Å². The van der Waals surface area contributed by atoms with Gasteiger partial charge in [0.1, 0.15) is 5.52 Å². The first-order chi connectivity index (χ1) is 8.36. The molecule has 1 aromatic heterocycles. The molecule has 0 unspecified atom stereocenters. The van der Waals surface area contributed by atoms with Gasteiger partial charge in [-0.1, -0.05) is 29.5 Å². The maximum absolute atomic E-state index is 4.22. The van der Waals surface area contributed by atoms with Crippen molar-refractivity contribution in [3.8, 4) is 0 Å². The molecule has 0 aliphatic rings. The van der Waals surface area contributed by atoms with Gasteiger partial charge in [0.2, 0.25) is 0 Å². The fourth-order valence-electron chi connectivity index (χ4n) is 1.88. The summed E-state index contributed by atoms with van der Waals surface area (Å²) in [5, 5.41) is 8.39. The SMILES string of the molecule is C=CCCCC(=CC)n1nnc2ccccc21. The van der Waals surface area contributed by atoms with Gasteiger partial charge in [0.25, 0.3) is 0 Å². The summed E-state index contributed by atoms with van der Waals surface area (Å²) in [5.74, 6) is 0. The predicted octanol–water partition coefficient (Wildman–Crippen LogP) is 3.65. The van der Waals surface area contributed by atoms with E-state index in [1.54, 1.807) is 0 Å². The number of rotatable bonds is 5. The molecule has 88 valence electrons. The third-order valence-electron chi connectivity index (χ3n) is 2.80. The Labute approximate surface area is 101 Å². The van der Waals surface area contributed by atoms with Gasteiger partial charge in [0.05, 0.1) is 5.52 Å². The molecule has 0 saturated heterocycles. The molecular weight excluding hydrogens is 210 g/mol. The van der Waals surface area contributed by atoms with E-state index in [0.29, 0.717) is 0 Å². The van der Waals surface area contributed by atoms with Gasteiger partial charge in [-0.3, -0.25) is 0 Å². The summed E-state index contributed by atoms with van der Waals surface area (Å²) in [6.45, 7) is 5.78. The maximum atomic E-state index is 4.22. The number of benzene rings is 1. The number of unbranched alkanes of at least 4 members (excludes halogenated alkanes) is 1. The number of aromatic nitrogens is 3. The van der Waals surface area contributed by atoms with Crippen molar-refractivity contribution in [2.24, 2.45) is 0 Å². The van der Waals surface area contributed by atoms with E-state index < -0.39 is 0 Å². The lowest BCUT2D eigenvalue weighted by Gasteiger charge is -2.06. The van der Waals surface area contributed by atoms with Crippen LogP contribution in [0, 0.1) is 0 Å². The highest BCUT2D eigenvalue weighted by molar-refractivity contribution is 5.77. The summed E-state index contributed by atoms with van der Waals surface area (Å²) in [7, 11) is 0. The molecule has 0 amide bonds. The highest BCUT2D eigenvalue weighted by Crippen LogP contribution is 2.18. The standard InChI is InChI=1S/C14H17N3/c1-3-5-6-9-12(4-2)17-14-11-8-7-10-13(14)15-16-17/h3-4,7-8,10-11H,1,5-6,9H2,2H3. The molecule has 2 rings (SSSR count). The molecule has 1 heterocycles. The Morgan fingerprint density at radius 3 is 3.00 bits per heavy atom. The van der Waals surface area contributed by atoms with Crippen LogP contribution in [-0.2, 0) is 0 Å². The van der Waals surface area contributed by atoms with Crippen LogP contribution < -0.4 is 0 Å². The number of nitrogens with zero attached hydrogens (tertiary/aromatic N) is 3. The number of hydrogen-bond donors (Lipinski definition) is 0. The topological polar surface area (TPSA) is 30.7 Å². The van der Waals surface area contributed by atoms with Crippen molar-refractivity contribution in [3.05, 3.63) is 43.0 Å². The zero-order valence-electron chi connectivity index (χ0n) is 10.1. The van der Waals surface area contributed by atoms with Crippen LogP contribution in [0.1, 0.15) is 26.2 Å². The van der Waals surface area contributed by atoms with Crippen LogP contribution in [0.25, 0.3) is 16.7 Å². The average Bonchev–Trinajstić information content (AvgIpc) is 2.79. The molecule has 17 heavy (non-hydrogen) atoms. The second kappa shape index (κ2) is 5.43. The molecule has 2 aromatic rings. The quantitative estimate of drug-likeness (QED) is 0.576. The van der Waals surface area contributed by atoms with Gasteiger partial charge in [-0.05, 0) is 38.3 Å². The van der Waals surface area contributed by atoms with Gasteiger partial charge < -0.3 is 0 Å². The first-order valence-electron chi connectivity index (χ1n) is 5.93. The van der Waals surface area contributed by atoms with Crippen LogP contribution in [0.3, 0.4) is 0 Å². The zero-order valence-corrected chi connectivity index (χ0v) is 10.1. The molecule has 0 aliphatic carbocycles. The normalized spacial score (nSPS) is 11.9. The van der Waals surface area contributed by atoms with E-state index in [9.17, 15) is 0 Å². The minimum atomic E-state index is 0.940. The van der Waals surface area contributed by atoms with Crippen LogP contribution in [0.4, 0.5) is 0 Å². The molecule has 3 nitrogen and oxygen atoms in total. The van der Waals surface area contributed by atoms with Gasteiger partial charge in [-0.2, -0.15) is 0 Å². The molecule has 0 spiro atoms. The maximum Gasteiger partial charge on any atom is 0.113 e. The molecule has 0 atom stereocenters. The summed E-state index contributed by atoms with van der Waals surface area (Å²) >= 11 is 0. The van der Waals surface area contributed by atoms with Crippen molar-refractivity contribution >= 4 is 16.7 Å². The van der Waals surface area contributed by atoms with Crippen molar-refractivity contribution in [2.75, 3.05) is 0 Å². The summed E-state index contributed by atoms with van der Waals surface area (Å²) in [4.78, 5) is 0. The van der Waals surface area contributed by atoms with Crippen molar-refractivity contribution in [3.63, 3.8) is 0 Å². The van der Waals surface area contributed by atoms with Crippen molar-refractivity contribution in [1.29, 1.82) is 0 Å². The van der Waals surface area contributed by atoms with Crippen molar-refractivity contribution in [2.45, 2.75) is 26.2 Å². The van der Waals surface area contributed by atoms with Crippen molar-refractivity contribution in [1.82, 2.24) is 15.0 Å². The largest absolute Gasteiger partial charge is 0.217 e. The molecule has 3 heteroatoms. The minimum Gasteiger partial charge on any atom is -0.217 e. The van der Waals surface area contributed by atoms with E-state index in [0.717, 1.165) is 30.3 Å². The van der Waals surface area contributed by atoms with Crippen LogP contribution in [-0.4, -0.2) is 15.0 Å². The minimum absolute atomic E-state index is 0.940. The molecule has 0 radical (unpaired) electrons. The van der Waals surface area contributed by atoms with E-state index in [2.05, 4.69) is 23.0 Å². The number of para-hydroxylation sites is 1. The first kappa shape index (κ1) is 11.6. The van der Waals surface area contributed by atoms with E-state index in [1.165, 1.54) is 5.70 Å². The lowest BCUT2D eigenvalue weighted by molar-refractivity contribution is 0.772. The second-order valence-electron chi connectivity index (χ2n) is 3.95. The Bertz CT molecular complexity index is 537. The summed E-state index contributed by atoms with van der Waals surface area (Å²) < 4.78 is 1.93. The summed E-state index contributed by atoms with van der Waals surface area (Å²) in [5.41, 5.74) is 3.20. The van der Waals surface area contributed by atoms with E-state index in [4.69, 9.17) is 0 Å². The molecular formula is C14H17N3. The van der Waals surface area contributed by atoms with E-state index >= 15 is 0 Å². The van der Waals surface area contributed by atoms with Gasteiger partial charge in [0, 0.05) is 5.70 Å². The Morgan fingerprint density at radius 2 is 2.24 bits per heavy atom. The molecule has 1 aromatic carbocycles. The third kappa shape index (κ3) is 2.44. The highest BCUT2D eigenvalue weighted by Gasteiger charge is 2.06. The average molecular weight is 227 g/mol. The molecule has 0 N–H and O–H groups in total. The lowest BCUT2D eigenvalue weighted by atomic mass is 10.2. The van der Waals surface area contributed by atoms with Crippen LogP contribution >= 0.6 is 0 Å². The van der Waals surface area contributed by atoms with Crippen LogP contribution in [0.15, 0.2) is 43.0 Å². The Balaban J connectivity index is 2.28. The smallest absolute Gasteiger partial charge is 0.113 e. The molecule has 0 fully saturated rings. The fraction of sp³-hybridized carbons (Fsp3) is 0.286. The fourth-order valence-corrected chi connectivity index (χ4v) is 1.88. The zero-order chi connectivity index (χ0) is 12.1.